The predicted octanol–water partition coefficient (Wildman–Crippen LogP) is 0.683. The lowest BCUT2D eigenvalue weighted by molar-refractivity contribution is -0.192. The molecule has 7 nitrogen and oxygen atoms in total. The zero-order chi connectivity index (χ0) is 16.7. The van der Waals surface area contributed by atoms with Crippen molar-refractivity contribution in [3.05, 3.63) is 30.3 Å². The van der Waals surface area contributed by atoms with Crippen molar-refractivity contribution in [2.45, 2.75) is 11.1 Å². The third-order valence-electron chi connectivity index (χ3n) is 1.71. The normalized spacial score (nSPS) is 11.2. The highest BCUT2D eigenvalue weighted by Gasteiger charge is 2.38. The lowest BCUT2D eigenvalue weighted by Crippen LogP contribution is -2.29. The summed E-state index contributed by atoms with van der Waals surface area (Å²) >= 11 is 0. The van der Waals surface area contributed by atoms with Gasteiger partial charge in [0.2, 0.25) is 10.0 Å². The highest BCUT2D eigenvalue weighted by atomic mass is 32.2. The molecule has 0 radical (unpaired) electrons. The first kappa shape index (κ1) is 18.9. The van der Waals surface area contributed by atoms with Crippen LogP contribution < -0.4 is 4.72 Å². The number of nitrogens with one attached hydrogen (secondary N) is 1. The van der Waals surface area contributed by atoms with Crippen molar-refractivity contribution in [2.75, 3.05) is 6.54 Å². The quantitative estimate of drug-likeness (QED) is 0.747. The van der Waals surface area contributed by atoms with Crippen LogP contribution in [0.25, 0.3) is 0 Å². The summed E-state index contributed by atoms with van der Waals surface area (Å²) < 4.78 is 56.4. The summed E-state index contributed by atoms with van der Waals surface area (Å²) in [5.41, 5.74) is 0. The van der Waals surface area contributed by atoms with Gasteiger partial charge in [-0.25, -0.2) is 13.2 Å². The number of rotatable bonds is 4. The SMILES string of the molecule is O=C(O)C(F)(F)F.O=C(O)CNS(=O)(=O)c1ccccc1. The lowest BCUT2D eigenvalue weighted by atomic mass is 10.4. The molecule has 0 amide bonds. The molecule has 0 unspecified atom stereocenters. The summed E-state index contributed by atoms with van der Waals surface area (Å²) in [6.45, 7) is -0.614. The van der Waals surface area contributed by atoms with Crippen LogP contribution in [0.3, 0.4) is 0 Å². The maximum Gasteiger partial charge on any atom is 0.490 e. The number of carboxylic acids is 2. The van der Waals surface area contributed by atoms with Gasteiger partial charge in [0.1, 0.15) is 6.54 Å². The van der Waals surface area contributed by atoms with Crippen molar-refractivity contribution >= 4 is 22.0 Å². The molecular formula is C10H10F3NO6S. The second-order valence-corrected chi connectivity index (χ2v) is 5.10. The number of alkyl halides is 3. The molecule has 0 saturated heterocycles. The van der Waals surface area contributed by atoms with Gasteiger partial charge < -0.3 is 10.2 Å². The number of benzene rings is 1. The van der Waals surface area contributed by atoms with Crippen molar-refractivity contribution in [1.82, 2.24) is 4.72 Å². The Hall–Kier alpha value is -2.14. The fourth-order valence-electron chi connectivity index (χ4n) is 0.840. The van der Waals surface area contributed by atoms with Crippen LogP contribution in [0, 0.1) is 0 Å². The molecule has 3 N–H and O–H groups in total. The van der Waals surface area contributed by atoms with Gasteiger partial charge in [-0.1, -0.05) is 18.2 Å². The summed E-state index contributed by atoms with van der Waals surface area (Å²) in [4.78, 5) is 19.1. The Morgan fingerprint density at radius 3 is 1.86 bits per heavy atom. The molecule has 0 aliphatic carbocycles. The molecule has 118 valence electrons. The summed E-state index contributed by atoms with van der Waals surface area (Å²) in [5.74, 6) is -3.97. The average molecular weight is 329 g/mol. The molecule has 0 aromatic heterocycles. The fourth-order valence-corrected chi connectivity index (χ4v) is 1.84. The van der Waals surface area contributed by atoms with E-state index in [0.717, 1.165) is 0 Å². The number of aliphatic carboxylic acids is 2. The molecule has 0 atom stereocenters. The van der Waals surface area contributed by atoms with E-state index in [0.29, 0.717) is 0 Å². The van der Waals surface area contributed by atoms with Crippen molar-refractivity contribution < 1.29 is 41.4 Å². The van der Waals surface area contributed by atoms with Crippen molar-refractivity contribution in [3.63, 3.8) is 0 Å². The van der Waals surface area contributed by atoms with Gasteiger partial charge in [-0.15, -0.1) is 0 Å². The molecule has 0 fully saturated rings. The van der Waals surface area contributed by atoms with Crippen LogP contribution in [-0.4, -0.2) is 43.3 Å². The number of hydrogen-bond donors (Lipinski definition) is 3. The summed E-state index contributed by atoms with van der Waals surface area (Å²) in [6.07, 6.45) is -5.08. The van der Waals surface area contributed by atoms with Gasteiger partial charge in [0.25, 0.3) is 0 Å². The number of halogens is 3. The highest BCUT2D eigenvalue weighted by molar-refractivity contribution is 7.89. The van der Waals surface area contributed by atoms with Crippen LogP contribution >= 0.6 is 0 Å². The first-order valence-corrected chi connectivity index (χ1v) is 6.51. The van der Waals surface area contributed by atoms with E-state index >= 15 is 0 Å². The molecule has 0 aliphatic heterocycles. The largest absolute Gasteiger partial charge is 0.490 e. The first-order chi connectivity index (χ1) is 9.47. The van der Waals surface area contributed by atoms with Crippen LogP contribution in [0.15, 0.2) is 35.2 Å². The van der Waals surface area contributed by atoms with E-state index in [9.17, 15) is 26.4 Å². The van der Waals surface area contributed by atoms with E-state index in [1.807, 2.05) is 4.72 Å². The molecule has 11 heteroatoms. The minimum atomic E-state index is -5.08. The van der Waals surface area contributed by atoms with Crippen molar-refractivity contribution in [3.8, 4) is 0 Å². The highest BCUT2D eigenvalue weighted by Crippen LogP contribution is 2.13. The smallest absolute Gasteiger partial charge is 0.480 e. The third kappa shape index (κ3) is 7.89. The number of sulfonamides is 1. The molecule has 0 spiro atoms. The van der Waals surface area contributed by atoms with E-state index in [1.54, 1.807) is 18.2 Å². The van der Waals surface area contributed by atoms with Crippen LogP contribution in [0.4, 0.5) is 13.2 Å². The van der Waals surface area contributed by atoms with Gasteiger partial charge >= 0.3 is 18.1 Å². The standard InChI is InChI=1S/C8H9NO4S.C2HF3O2/c10-8(11)6-9-14(12,13)7-4-2-1-3-5-7;3-2(4,5)1(6)7/h1-5,9H,6H2,(H,10,11);(H,6,7). The van der Waals surface area contributed by atoms with Crippen molar-refractivity contribution in [1.29, 1.82) is 0 Å². The van der Waals surface area contributed by atoms with Gasteiger partial charge in [-0.05, 0) is 12.1 Å². The second kappa shape index (κ2) is 7.59. The Labute approximate surface area is 117 Å². The van der Waals surface area contributed by atoms with E-state index in [1.165, 1.54) is 12.1 Å². The Morgan fingerprint density at radius 2 is 1.52 bits per heavy atom. The maximum absolute atomic E-state index is 11.4. The van der Waals surface area contributed by atoms with Gasteiger partial charge in [-0.3, -0.25) is 4.79 Å². The molecule has 21 heavy (non-hydrogen) atoms. The van der Waals surface area contributed by atoms with E-state index in [-0.39, 0.29) is 4.90 Å². The lowest BCUT2D eigenvalue weighted by Gasteiger charge is -2.03. The predicted molar refractivity (Wildman–Crippen MR) is 63.0 cm³/mol. The zero-order valence-electron chi connectivity index (χ0n) is 10.2. The minimum Gasteiger partial charge on any atom is -0.480 e. The van der Waals surface area contributed by atoms with E-state index in [2.05, 4.69) is 0 Å². The van der Waals surface area contributed by atoms with E-state index < -0.39 is 34.7 Å². The van der Waals surface area contributed by atoms with Crippen LogP contribution in [0.1, 0.15) is 0 Å². The summed E-state index contributed by atoms with van der Waals surface area (Å²) in [7, 11) is -3.69. The Balaban J connectivity index is 0.000000486. The van der Waals surface area contributed by atoms with Gasteiger partial charge in [0, 0.05) is 0 Å². The minimum absolute atomic E-state index is 0.0567. The van der Waals surface area contributed by atoms with Gasteiger partial charge in [0.15, 0.2) is 0 Å². The maximum atomic E-state index is 11.4. The van der Waals surface area contributed by atoms with E-state index in [4.69, 9.17) is 15.0 Å². The van der Waals surface area contributed by atoms with Crippen molar-refractivity contribution in [2.24, 2.45) is 0 Å². The molecule has 1 aromatic rings. The molecular weight excluding hydrogens is 319 g/mol. The topological polar surface area (TPSA) is 121 Å². The molecule has 1 aromatic carbocycles. The van der Waals surface area contributed by atoms with Crippen LogP contribution in [0.5, 0.6) is 0 Å². The van der Waals surface area contributed by atoms with Crippen LogP contribution in [-0.2, 0) is 19.6 Å². The molecule has 1 rings (SSSR count). The monoisotopic (exact) mass is 329 g/mol. The summed E-state index contributed by atoms with van der Waals surface area (Å²) in [6, 6.07) is 7.59. The number of carbonyl (C=O) groups is 2. The van der Waals surface area contributed by atoms with Gasteiger partial charge in [0.05, 0.1) is 4.90 Å². The Bertz CT molecular complexity index is 585. The molecule has 0 aliphatic rings. The average Bonchev–Trinajstić information content (AvgIpc) is 2.37. The Morgan fingerprint density at radius 1 is 1.10 bits per heavy atom. The number of hydrogen-bond acceptors (Lipinski definition) is 4. The summed E-state index contributed by atoms with van der Waals surface area (Å²) in [5, 5.41) is 15.4. The molecule has 0 bridgehead atoms. The molecule has 0 saturated carbocycles. The van der Waals surface area contributed by atoms with Gasteiger partial charge in [-0.2, -0.15) is 17.9 Å². The number of carboxylic acid groups (broad SMARTS) is 2. The second-order valence-electron chi connectivity index (χ2n) is 3.33. The Kier molecular flexibility index (Phi) is 6.82. The first-order valence-electron chi connectivity index (χ1n) is 5.03. The van der Waals surface area contributed by atoms with Crippen LogP contribution in [0.2, 0.25) is 0 Å². The zero-order valence-corrected chi connectivity index (χ0v) is 11.0. The molecule has 0 heterocycles. The third-order valence-corrected chi connectivity index (χ3v) is 3.13. The fraction of sp³-hybridized carbons (Fsp3) is 0.200.